The van der Waals surface area contributed by atoms with E-state index in [1.807, 2.05) is 0 Å². The van der Waals surface area contributed by atoms with E-state index in [1.54, 1.807) is 0 Å². The Balaban J connectivity index is 1.58. The van der Waals surface area contributed by atoms with Crippen molar-refractivity contribution in [1.82, 2.24) is 10.2 Å². The monoisotopic (exact) mass is 401 g/mol. The molecule has 156 valence electrons. The number of non-ortho nitro benzene ring substituents is 1. The van der Waals surface area contributed by atoms with E-state index in [0.717, 1.165) is 43.1 Å². The molecule has 8 heteroatoms. The van der Waals surface area contributed by atoms with Crippen LogP contribution in [0.15, 0.2) is 18.2 Å². The second-order valence-electron chi connectivity index (χ2n) is 8.64. The minimum atomic E-state index is -0.669. The smallest absolute Gasteiger partial charge is 0.270 e. The fourth-order valence-corrected chi connectivity index (χ4v) is 4.26. The van der Waals surface area contributed by atoms with E-state index >= 15 is 0 Å². The summed E-state index contributed by atoms with van der Waals surface area (Å²) in [5.41, 5.74) is 0.0931. The third-order valence-electron chi connectivity index (χ3n) is 6.58. The highest BCUT2D eigenvalue weighted by molar-refractivity contribution is 6.22. The van der Waals surface area contributed by atoms with Crippen LogP contribution in [0.5, 0.6) is 0 Å². The second-order valence-corrected chi connectivity index (χ2v) is 8.64. The molecule has 3 rings (SSSR count). The zero-order valence-electron chi connectivity index (χ0n) is 17.1. The molecule has 0 saturated heterocycles. The predicted octanol–water partition coefficient (Wildman–Crippen LogP) is 3.30. The molecule has 1 aromatic carbocycles. The van der Waals surface area contributed by atoms with Crippen LogP contribution in [0.4, 0.5) is 5.69 Å². The zero-order valence-corrected chi connectivity index (χ0v) is 17.1. The molecule has 0 aromatic heterocycles. The number of fused-ring (bicyclic) bond motifs is 1. The van der Waals surface area contributed by atoms with Gasteiger partial charge in [-0.3, -0.25) is 29.4 Å². The molecule has 0 spiro atoms. The Bertz CT molecular complexity index is 856. The molecular weight excluding hydrogens is 374 g/mol. The van der Waals surface area contributed by atoms with Crippen LogP contribution in [0, 0.1) is 21.4 Å². The summed E-state index contributed by atoms with van der Waals surface area (Å²) in [7, 11) is 0. The Hall–Kier alpha value is -2.77. The maximum absolute atomic E-state index is 12.5. The number of benzene rings is 1. The first-order chi connectivity index (χ1) is 13.6. The van der Waals surface area contributed by atoms with Gasteiger partial charge in [-0.25, -0.2) is 0 Å². The van der Waals surface area contributed by atoms with Crippen LogP contribution < -0.4 is 5.32 Å². The van der Waals surface area contributed by atoms with Gasteiger partial charge in [0.2, 0.25) is 5.91 Å². The first kappa shape index (κ1) is 21.0. The standard InChI is InChI=1S/C21H27N3O5/c1-4-21(2,3)13-5-7-14(8-6-13)22-18(25)12-23-19(26)16-10-9-15(24(28)29)11-17(16)20(23)27/h9-11,13-14H,4-8,12H2,1-3H3,(H,22,25). The van der Waals surface area contributed by atoms with Crippen molar-refractivity contribution in [1.29, 1.82) is 0 Å². The van der Waals surface area contributed by atoms with Crippen LogP contribution in [0.25, 0.3) is 0 Å². The highest BCUT2D eigenvalue weighted by atomic mass is 16.6. The first-order valence-corrected chi connectivity index (χ1v) is 10.1. The molecule has 1 saturated carbocycles. The fraction of sp³-hybridized carbons (Fsp3) is 0.571. The van der Waals surface area contributed by atoms with Crippen molar-refractivity contribution >= 4 is 23.4 Å². The normalized spacial score (nSPS) is 21.8. The maximum Gasteiger partial charge on any atom is 0.270 e. The van der Waals surface area contributed by atoms with Gasteiger partial charge in [0.15, 0.2) is 0 Å². The molecule has 3 amide bonds. The predicted molar refractivity (Wildman–Crippen MR) is 106 cm³/mol. The number of rotatable bonds is 6. The molecule has 1 aromatic rings. The first-order valence-electron chi connectivity index (χ1n) is 10.1. The number of imide groups is 1. The largest absolute Gasteiger partial charge is 0.352 e. The van der Waals surface area contributed by atoms with Crippen LogP contribution in [0.3, 0.4) is 0 Å². The van der Waals surface area contributed by atoms with E-state index in [0.29, 0.717) is 5.92 Å². The van der Waals surface area contributed by atoms with E-state index in [2.05, 4.69) is 26.1 Å². The summed E-state index contributed by atoms with van der Waals surface area (Å²) in [5, 5.41) is 13.8. The third-order valence-corrected chi connectivity index (χ3v) is 6.58. The molecule has 1 aliphatic carbocycles. The molecular formula is C21H27N3O5. The molecule has 1 N–H and O–H groups in total. The van der Waals surface area contributed by atoms with Crippen LogP contribution in [-0.4, -0.2) is 40.1 Å². The van der Waals surface area contributed by atoms with Gasteiger partial charge >= 0.3 is 0 Å². The number of amides is 3. The Morgan fingerprint density at radius 1 is 1.17 bits per heavy atom. The molecule has 29 heavy (non-hydrogen) atoms. The van der Waals surface area contributed by atoms with Gasteiger partial charge in [0.05, 0.1) is 16.1 Å². The lowest BCUT2D eigenvalue weighted by atomic mass is 9.69. The summed E-state index contributed by atoms with van der Waals surface area (Å²) in [6.45, 7) is 6.39. The number of carbonyl (C=O) groups is 3. The maximum atomic E-state index is 12.5. The summed E-state index contributed by atoms with van der Waals surface area (Å²) in [6.07, 6.45) is 4.97. The van der Waals surface area contributed by atoms with Crippen molar-refractivity contribution in [2.75, 3.05) is 6.54 Å². The van der Waals surface area contributed by atoms with E-state index in [9.17, 15) is 24.5 Å². The average Bonchev–Trinajstić information content (AvgIpc) is 2.92. The summed E-state index contributed by atoms with van der Waals surface area (Å²) in [6, 6.07) is 3.58. The van der Waals surface area contributed by atoms with Crippen molar-refractivity contribution in [3.05, 3.63) is 39.4 Å². The number of carbonyl (C=O) groups excluding carboxylic acids is 3. The molecule has 0 bridgehead atoms. The van der Waals surface area contributed by atoms with E-state index in [4.69, 9.17) is 0 Å². The van der Waals surface area contributed by atoms with E-state index in [1.165, 1.54) is 12.1 Å². The van der Waals surface area contributed by atoms with Crippen LogP contribution in [0.2, 0.25) is 0 Å². The number of nitro benzene ring substituents is 1. The quantitative estimate of drug-likeness (QED) is 0.447. The van der Waals surface area contributed by atoms with Crippen molar-refractivity contribution in [2.45, 2.75) is 58.9 Å². The Morgan fingerprint density at radius 3 is 2.38 bits per heavy atom. The second kappa shape index (κ2) is 7.93. The molecule has 0 unspecified atom stereocenters. The van der Waals surface area contributed by atoms with Crippen LogP contribution >= 0.6 is 0 Å². The third kappa shape index (κ3) is 4.16. The van der Waals surface area contributed by atoms with Gasteiger partial charge in [0.1, 0.15) is 6.54 Å². The lowest BCUT2D eigenvalue weighted by molar-refractivity contribution is -0.384. The number of hydrogen-bond acceptors (Lipinski definition) is 5. The Kier molecular flexibility index (Phi) is 5.73. The van der Waals surface area contributed by atoms with Crippen molar-refractivity contribution in [3.63, 3.8) is 0 Å². The summed E-state index contributed by atoms with van der Waals surface area (Å²) < 4.78 is 0. The minimum absolute atomic E-state index is 0.0284. The van der Waals surface area contributed by atoms with Crippen molar-refractivity contribution in [3.8, 4) is 0 Å². The van der Waals surface area contributed by atoms with Gasteiger partial charge < -0.3 is 5.32 Å². The van der Waals surface area contributed by atoms with E-state index < -0.39 is 16.7 Å². The molecule has 0 atom stereocenters. The highest BCUT2D eigenvalue weighted by Crippen LogP contribution is 2.40. The zero-order chi connectivity index (χ0) is 21.3. The fourth-order valence-electron chi connectivity index (χ4n) is 4.26. The number of nitro groups is 1. The molecule has 8 nitrogen and oxygen atoms in total. The number of hydrogen-bond donors (Lipinski definition) is 1. The van der Waals surface area contributed by atoms with Gasteiger partial charge in [0.25, 0.3) is 17.5 Å². The average molecular weight is 401 g/mol. The minimum Gasteiger partial charge on any atom is -0.352 e. The Labute approximate surface area is 169 Å². The molecule has 1 aliphatic heterocycles. The van der Waals surface area contributed by atoms with Gasteiger partial charge in [-0.15, -0.1) is 0 Å². The number of nitrogens with one attached hydrogen (secondary N) is 1. The highest BCUT2D eigenvalue weighted by Gasteiger charge is 2.38. The van der Waals surface area contributed by atoms with Gasteiger partial charge in [-0.2, -0.15) is 0 Å². The lowest BCUT2D eigenvalue weighted by Crippen LogP contribution is -2.45. The summed E-state index contributed by atoms with van der Waals surface area (Å²) in [4.78, 5) is 48.6. The van der Waals surface area contributed by atoms with Crippen molar-refractivity contribution < 1.29 is 19.3 Å². The molecule has 2 aliphatic rings. The summed E-state index contributed by atoms with van der Waals surface area (Å²) in [5.74, 6) is -1.01. The van der Waals surface area contributed by atoms with Gasteiger partial charge in [0, 0.05) is 18.2 Å². The topological polar surface area (TPSA) is 110 Å². The van der Waals surface area contributed by atoms with E-state index in [-0.39, 0.29) is 40.7 Å². The van der Waals surface area contributed by atoms with Crippen molar-refractivity contribution in [2.24, 2.45) is 11.3 Å². The number of nitrogens with zero attached hydrogens (tertiary/aromatic N) is 2. The van der Waals surface area contributed by atoms with Gasteiger partial charge in [-0.05, 0) is 43.1 Å². The van der Waals surface area contributed by atoms with Crippen LogP contribution in [0.1, 0.15) is 73.6 Å². The SMILES string of the molecule is CCC(C)(C)C1CCC(NC(=O)CN2C(=O)c3ccc([N+](=O)[O-])cc3C2=O)CC1. The lowest BCUT2D eigenvalue weighted by Gasteiger charge is -2.39. The van der Waals surface area contributed by atoms with Gasteiger partial charge in [-0.1, -0.05) is 27.2 Å². The summed E-state index contributed by atoms with van der Waals surface area (Å²) >= 11 is 0. The molecule has 1 fully saturated rings. The molecule has 1 heterocycles. The van der Waals surface area contributed by atoms with Crippen LogP contribution in [-0.2, 0) is 4.79 Å². The Morgan fingerprint density at radius 2 is 1.79 bits per heavy atom. The molecule has 0 radical (unpaired) electrons.